The van der Waals surface area contributed by atoms with Crippen LogP contribution in [-0.2, 0) is 4.79 Å². The minimum absolute atomic E-state index is 0.0183. The Labute approximate surface area is 182 Å². The van der Waals surface area contributed by atoms with E-state index in [4.69, 9.17) is 14.5 Å². The maximum atomic E-state index is 13.1. The number of nitrogens with zero attached hydrogens (tertiary/aromatic N) is 2. The second-order valence-corrected chi connectivity index (χ2v) is 8.23. The number of amides is 1. The van der Waals surface area contributed by atoms with Crippen LogP contribution in [-0.4, -0.2) is 35.7 Å². The predicted molar refractivity (Wildman–Crippen MR) is 124 cm³/mol. The number of para-hydroxylation sites is 1. The summed E-state index contributed by atoms with van der Waals surface area (Å²) >= 11 is 1.41. The van der Waals surface area contributed by atoms with Crippen LogP contribution in [0.4, 0.5) is 5.69 Å². The van der Waals surface area contributed by atoms with Crippen LogP contribution in [0, 0.1) is 5.92 Å². The van der Waals surface area contributed by atoms with Crippen LogP contribution in [0.15, 0.2) is 58.4 Å². The van der Waals surface area contributed by atoms with E-state index in [2.05, 4.69) is 13.8 Å². The Morgan fingerprint density at radius 1 is 1.03 bits per heavy atom. The van der Waals surface area contributed by atoms with Gasteiger partial charge in [-0.15, -0.1) is 0 Å². The second kappa shape index (κ2) is 10.3. The second-order valence-electron chi connectivity index (χ2n) is 7.22. The van der Waals surface area contributed by atoms with Crippen LogP contribution >= 0.6 is 11.8 Å². The Hall–Kier alpha value is -2.73. The van der Waals surface area contributed by atoms with E-state index in [9.17, 15) is 4.79 Å². The molecule has 0 saturated carbocycles. The largest absolute Gasteiger partial charge is 0.490 e. The van der Waals surface area contributed by atoms with Crippen molar-refractivity contribution in [2.75, 3.05) is 19.8 Å². The minimum Gasteiger partial charge on any atom is -0.490 e. The summed E-state index contributed by atoms with van der Waals surface area (Å²) in [7, 11) is 0. The summed E-state index contributed by atoms with van der Waals surface area (Å²) in [5.41, 5.74) is 1.73. The number of aliphatic imine (C=N–C) groups is 1. The maximum Gasteiger partial charge on any atom is 0.266 e. The lowest BCUT2D eigenvalue weighted by Crippen LogP contribution is -2.32. The first-order valence-corrected chi connectivity index (χ1v) is 11.1. The molecule has 1 aliphatic rings. The van der Waals surface area contributed by atoms with Gasteiger partial charge < -0.3 is 9.47 Å². The highest BCUT2D eigenvalue weighted by Gasteiger charge is 2.33. The third-order valence-corrected chi connectivity index (χ3v) is 5.29. The van der Waals surface area contributed by atoms with E-state index in [1.54, 1.807) is 4.90 Å². The van der Waals surface area contributed by atoms with Crippen molar-refractivity contribution in [1.82, 2.24) is 4.90 Å². The van der Waals surface area contributed by atoms with Gasteiger partial charge in [0.05, 0.1) is 23.8 Å². The monoisotopic (exact) mass is 424 g/mol. The Bertz CT molecular complexity index is 939. The van der Waals surface area contributed by atoms with Crippen LogP contribution in [0.25, 0.3) is 6.08 Å². The minimum atomic E-state index is -0.0183. The van der Waals surface area contributed by atoms with E-state index in [0.29, 0.717) is 47.2 Å². The average molecular weight is 425 g/mol. The summed E-state index contributed by atoms with van der Waals surface area (Å²) in [5.74, 6) is 1.71. The molecule has 0 spiro atoms. The number of hydrogen-bond acceptors (Lipinski definition) is 5. The number of rotatable bonds is 8. The molecule has 0 radical (unpaired) electrons. The molecule has 0 bridgehead atoms. The van der Waals surface area contributed by atoms with Gasteiger partial charge in [-0.25, -0.2) is 4.99 Å². The first-order valence-electron chi connectivity index (χ1n) is 10.3. The van der Waals surface area contributed by atoms with Crippen molar-refractivity contribution in [3.63, 3.8) is 0 Å². The van der Waals surface area contributed by atoms with Gasteiger partial charge in [-0.05, 0) is 67.4 Å². The predicted octanol–water partition coefficient (Wildman–Crippen LogP) is 5.74. The molecule has 0 aromatic heterocycles. The molecule has 0 aliphatic carbocycles. The van der Waals surface area contributed by atoms with E-state index in [-0.39, 0.29) is 5.91 Å². The van der Waals surface area contributed by atoms with Gasteiger partial charge >= 0.3 is 0 Å². The van der Waals surface area contributed by atoms with E-state index >= 15 is 0 Å². The van der Waals surface area contributed by atoms with Crippen molar-refractivity contribution in [2.24, 2.45) is 10.9 Å². The molecule has 1 saturated heterocycles. The number of hydrogen-bond donors (Lipinski definition) is 0. The van der Waals surface area contributed by atoms with Crippen LogP contribution in [0.1, 0.15) is 33.3 Å². The normalized spacial score (nSPS) is 16.7. The van der Waals surface area contributed by atoms with Crippen molar-refractivity contribution in [3.05, 3.63) is 59.0 Å². The van der Waals surface area contributed by atoms with Gasteiger partial charge in [-0.3, -0.25) is 9.69 Å². The molecular weight excluding hydrogens is 396 g/mol. The van der Waals surface area contributed by atoms with Crippen molar-refractivity contribution >= 4 is 34.6 Å². The zero-order valence-electron chi connectivity index (χ0n) is 17.9. The van der Waals surface area contributed by atoms with Gasteiger partial charge in [0.1, 0.15) is 0 Å². The van der Waals surface area contributed by atoms with E-state index < -0.39 is 0 Å². The first-order chi connectivity index (χ1) is 14.5. The molecule has 0 unspecified atom stereocenters. The molecule has 1 amide bonds. The molecule has 30 heavy (non-hydrogen) atoms. The average Bonchev–Trinajstić information content (AvgIpc) is 2.99. The van der Waals surface area contributed by atoms with Gasteiger partial charge in [0.25, 0.3) is 5.91 Å². The maximum absolute atomic E-state index is 13.1. The first kappa shape index (κ1) is 22.0. The topological polar surface area (TPSA) is 51.1 Å². The molecule has 2 aromatic carbocycles. The number of ether oxygens (including phenoxy) is 2. The standard InChI is InChI=1S/C24H28N2O3S/c1-5-28-20-13-12-18(14-21(20)29-6-2)15-22-23(27)26(16-17(3)4)24(30-22)25-19-10-8-7-9-11-19/h7-15,17H,5-6,16H2,1-4H3/b22-15+,25-24?. The van der Waals surface area contributed by atoms with Crippen LogP contribution in [0.5, 0.6) is 11.5 Å². The number of amidine groups is 1. The molecule has 0 atom stereocenters. The molecule has 1 aliphatic heterocycles. The zero-order chi connectivity index (χ0) is 21.5. The highest BCUT2D eigenvalue weighted by molar-refractivity contribution is 8.18. The summed E-state index contributed by atoms with van der Waals surface area (Å²) in [6.07, 6.45) is 1.89. The van der Waals surface area contributed by atoms with E-state index in [1.165, 1.54) is 11.8 Å². The van der Waals surface area contributed by atoms with E-state index in [0.717, 1.165) is 11.3 Å². The Balaban J connectivity index is 1.93. The van der Waals surface area contributed by atoms with Gasteiger partial charge in [0.2, 0.25) is 0 Å². The molecular formula is C24H28N2O3S. The Kier molecular flexibility index (Phi) is 7.57. The van der Waals surface area contributed by atoms with Crippen LogP contribution < -0.4 is 9.47 Å². The summed E-state index contributed by atoms with van der Waals surface area (Å²) in [4.78, 5) is 20.3. The molecule has 6 heteroatoms. The lowest BCUT2D eigenvalue weighted by molar-refractivity contribution is -0.122. The number of benzene rings is 2. The molecule has 2 aromatic rings. The number of carbonyl (C=O) groups is 1. The van der Waals surface area contributed by atoms with Crippen molar-refractivity contribution in [2.45, 2.75) is 27.7 Å². The highest BCUT2D eigenvalue weighted by atomic mass is 32.2. The highest BCUT2D eigenvalue weighted by Crippen LogP contribution is 2.36. The van der Waals surface area contributed by atoms with Gasteiger partial charge in [-0.1, -0.05) is 38.1 Å². The quantitative estimate of drug-likeness (QED) is 0.507. The molecule has 0 N–H and O–H groups in total. The van der Waals surface area contributed by atoms with Crippen molar-refractivity contribution in [3.8, 4) is 11.5 Å². The summed E-state index contributed by atoms with van der Waals surface area (Å²) in [6.45, 7) is 9.81. The van der Waals surface area contributed by atoms with Crippen LogP contribution in [0.2, 0.25) is 0 Å². The molecule has 158 valence electrons. The van der Waals surface area contributed by atoms with E-state index in [1.807, 2.05) is 68.5 Å². The van der Waals surface area contributed by atoms with Gasteiger partial charge in [-0.2, -0.15) is 0 Å². The van der Waals surface area contributed by atoms with Gasteiger partial charge in [0, 0.05) is 6.54 Å². The lowest BCUT2D eigenvalue weighted by Gasteiger charge is -2.17. The molecule has 1 fully saturated rings. The smallest absolute Gasteiger partial charge is 0.266 e. The number of carbonyl (C=O) groups excluding carboxylic acids is 1. The fourth-order valence-corrected chi connectivity index (χ4v) is 4.05. The third kappa shape index (κ3) is 5.45. The zero-order valence-corrected chi connectivity index (χ0v) is 18.7. The fraction of sp³-hybridized carbons (Fsp3) is 0.333. The SMILES string of the molecule is CCOc1ccc(/C=C2/SC(=Nc3ccccc3)N(CC(C)C)C2=O)cc1OCC. The lowest BCUT2D eigenvalue weighted by atomic mass is 10.1. The molecule has 3 rings (SSSR count). The van der Waals surface area contributed by atoms with Crippen molar-refractivity contribution < 1.29 is 14.3 Å². The van der Waals surface area contributed by atoms with Crippen molar-refractivity contribution in [1.29, 1.82) is 0 Å². The summed E-state index contributed by atoms with van der Waals surface area (Å²) < 4.78 is 11.3. The molecule has 5 nitrogen and oxygen atoms in total. The van der Waals surface area contributed by atoms with Gasteiger partial charge in [0.15, 0.2) is 16.7 Å². The Morgan fingerprint density at radius 2 is 1.73 bits per heavy atom. The third-order valence-electron chi connectivity index (χ3n) is 4.28. The number of thioether (sulfide) groups is 1. The summed E-state index contributed by atoms with van der Waals surface area (Å²) in [5, 5.41) is 0.710. The van der Waals surface area contributed by atoms with Crippen LogP contribution in [0.3, 0.4) is 0 Å². The fourth-order valence-electron chi connectivity index (χ4n) is 3.04. The molecule has 1 heterocycles. The Morgan fingerprint density at radius 3 is 2.40 bits per heavy atom. The summed E-state index contributed by atoms with van der Waals surface area (Å²) in [6, 6.07) is 15.5.